The Labute approximate surface area is 457 Å². The predicted molar refractivity (Wildman–Crippen MR) is 328 cm³/mol. The normalized spacial score (nSPS) is 14.6. The van der Waals surface area contributed by atoms with Gasteiger partial charge < -0.3 is 0 Å². The number of benzene rings is 9. The van der Waals surface area contributed by atoms with Crippen molar-refractivity contribution in [3.63, 3.8) is 0 Å². The van der Waals surface area contributed by atoms with Crippen molar-refractivity contribution in [3.05, 3.63) is 323 Å². The Morgan fingerprint density at radius 1 is 0.316 bits per heavy atom. The summed E-state index contributed by atoms with van der Waals surface area (Å²) in [5.74, 6) is 0. The molecule has 0 fully saturated rings. The van der Waals surface area contributed by atoms with Gasteiger partial charge in [-0.15, -0.1) is 0 Å². The van der Waals surface area contributed by atoms with Crippen LogP contribution in [0, 0.1) is 41.5 Å². The standard InChI is InChI=1S/C75H76Si/c1-51-41-66(44-60-29-17-11-18-30-60)69(47-63-35-23-14-24-36-63)72(56(51)6)76(75(10)50-54(4)55(5)59(75)9,73-57(7)52(2)42-67(45-61-31-19-12-20-32-61)70(73)48-64-37-25-15-26-38-64)74-58(8)53(3)43-68(46-62-33-21-13-22-34-62)71(74)49-65-39-27-16-28-40-65/h11-43,50H,44-49H2,1-10H3. The highest BCUT2D eigenvalue weighted by Crippen LogP contribution is 2.55. The Balaban J connectivity index is 1.52. The summed E-state index contributed by atoms with van der Waals surface area (Å²) in [5.41, 5.74) is 29.6. The summed E-state index contributed by atoms with van der Waals surface area (Å²) in [7, 11) is -3.66. The van der Waals surface area contributed by atoms with E-state index >= 15 is 0 Å². The van der Waals surface area contributed by atoms with E-state index in [9.17, 15) is 0 Å². The molecule has 0 heterocycles. The quantitative estimate of drug-likeness (QED) is 0.0668. The second-order valence-corrected chi connectivity index (χ2v) is 26.5. The van der Waals surface area contributed by atoms with Crippen molar-refractivity contribution in [1.29, 1.82) is 0 Å². The first-order valence-electron chi connectivity index (χ1n) is 27.8. The molecule has 0 spiro atoms. The van der Waals surface area contributed by atoms with Crippen molar-refractivity contribution >= 4 is 23.6 Å². The van der Waals surface area contributed by atoms with Crippen molar-refractivity contribution in [2.24, 2.45) is 0 Å². The van der Waals surface area contributed by atoms with E-state index in [1.165, 1.54) is 117 Å². The summed E-state index contributed by atoms with van der Waals surface area (Å²) < 4.78 is 0. The molecule has 10 rings (SSSR count). The van der Waals surface area contributed by atoms with Gasteiger partial charge in [-0.25, -0.2) is 0 Å². The number of allylic oxidation sites excluding steroid dienone is 4. The van der Waals surface area contributed by atoms with Gasteiger partial charge in [0, 0.05) is 5.04 Å². The van der Waals surface area contributed by atoms with E-state index < -0.39 is 13.1 Å². The maximum absolute atomic E-state index is 3.66. The molecule has 1 aliphatic rings. The lowest BCUT2D eigenvalue weighted by Gasteiger charge is -2.52. The van der Waals surface area contributed by atoms with Gasteiger partial charge in [0.25, 0.3) is 0 Å². The van der Waals surface area contributed by atoms with Gasteiger partial charge in [-0.05, 0) is 222 Å². The van der Waals surface area contributed by atoms with Crippen molar-refractivity contribution < 1.29 is 0 Å². The Morgan fingerprint density at radius 2 is 0.553 bits per heavy atom. The van der Waals surface area contributed by atoms with Gasteiger partial charge >= 0.3 is 0 Å². The first-order chi connectivity index (χ1) is 36.8. The number of aryl methyl sites for hydroxylation is 3. The van der Waals surface area contributed by atoms with E-state index in [2.05, 4.69) is 276 Å². The third-order valence-corrected chi connectivity index (χ3v) is 24.2. The lowest BCUT2D eigenvalue weighted by atomic mass is 9.90. The van der Waals surface area contributed by atoms with Gasteiger partial charge in [0.05, 0.1) is 0 Å². The van der Waals surface area contributed by atoms with E-state index in [0.29, 0.717) is 0 Å². The fraction of sp³-hybridized carbons (Fsp3) is 0.227. The smallest absolute Gasteiger partial charge is 0.0730 e. The molecular formula is C75H76Si. The number of hydrogen-bond donors (Lipinski definition) is 0. The number of rotatable bonds is 16. The van der Waals surface area contributed by atoms with Gasteiger partial charge in [0.2, 0.25) is 0 Å². The Morgan fingerprint density at radius 3 is 0.776 bits per heavy atom. The molecule has 1 heteroatoms. The minimum absolute atomic E-state index is 0.419. The van der Waals surface area contributed by atoms with Gasteiger partial charge in [0.1, 0.15) is 0 Å². The Hall–Kier alpha value is -7.32. The SMILES string of the molecule is CC1=CC(C)([Si](c2c(C)c(C)cc(Cc3ccccc3)c2Cc2ccccc2)(c2c(C)c(C)cc(Cc3ccccc3)c2Cc2ccccc2)c2c(C)c(C)cc(Cc3ccccc3)c2Cc2ccccc2)C(C)=C1C. The molecule has 0 nitrogen and oxygen atoms in total. The highest BCUT2D eigenvalue weighted by Gasteiger charge is 2.60. The molecule has 0 saturated heterocycles. The minimum atomic E-state index is -3.66. The maximum atomic E-state index is 2.80. The molecular weight excluding hydrogens is 929 g/mol. The molecule has 76 heavy (non-hydrogen) atoms. The highest BCUT2D eigenvalue weighted by atomic mass is 28.3. The van der Waals surface area contributed by atoms with Gasteiger partial charge in [-0.1, -0.05) is 224 Å². The molecule has 9 aromatic rings. The average molecular weight is 1010 g/mol. The molecule has 9 aromatic carbocycles. The molecule has 0 bridgehead atoms. The third-order valence-electron chi connectivity index (χ3n) is 17.9. The molecule has 0 saturated carbocycles. The lowest BCUT2D eigenvalue weighted by molar-refractivity contribution is 0.864. The fourth-order valence-electron chi connectivity index (χ4n) is 13.4. The lowest BCUT2D eigenvalue weighted by Crippen LogP contribution is -2.77. The van der Waals surface area contributed by atoms with Crippen LogP contribution in [0.1, 0.15) is 128 Å². The first-order valence-corrected chi connectivity index (χ1v) is 29.8. The zero-order valence-electron chi connectivity index (χ0n) is 46.9. The largest absolute Gasteiger partial charge is 0.163 e. The van der Waals surface area contributed by atoms with Gasteiger partial charge in [-0.3, -0.25) is 0 Å². The molecule has 0 radical (unpaired) electrons. The zero-order chi connectivity index (χ0) is 53.1. The summed E-state index contributed by atoms with van der Waals surface area (Å²) in [6.45, 7) is 24.9. The van der Waals surface area contributed by atoms with E-state index in [1.54, 1.807) is 15.6 Å². The molecule has 0 aliphatic heterocycles. The Kier molecular flexibility index (Phi) is 15.2. The van der Waals surface area contributed by atoms with Crippen LogP contribution >= 0.6 is 0 Å². The van der Waals surface area contributed by atoms with E-state index in [1.807, 2.05) is 0 Å². The van der Waals surface area contributed by atoms with Crippen LogP contribution in [0.25, 0.3) is 0 Å². The van der Waals surface area contributed by atoms with E-state index in [0.717, 1.165) is 38.5 Å². The van der Waals surface area contributed by atoms with Crippen molar-refractivity contribution in [3.8, 4) is 0 Å². The molecule has 0 aromatic heterocycles. The average Bonchev–Trinajstić information content (AvgIpc) is 3.81. The van der Waals surface area contributed by atoms with Crippen LogP contribution in [0.2, 0.25) is 5.04 Å². The van der Waals surface area contributed by atoms with Crippen molar-refractivity contribution in [2.75, 3.05) is 0 Å². The topological polar surface area (TPSA) is 0 Å². The predicted octanol–water partition coefficient (Wildman–Crippen LogP) is 16.6. The second-order valence-electron chi connectivity index (χ2n) is 22.5. The van der Waals surface area contributed by atoms with Crippen LogP contribution in [0.15, 0.2) is 223 Å². The summed E-state index contributed by atoms with van der Waals surface area (Å²) in [6, 6.07) is 75.8. The summed E-state index contributed by atoms with van der Waals surface area (Å²) >= 11 is 0. The molecule has 1 aliphatic carbocycles. The fourth-order valence-corrected chi connectivity index (χ4v) is 21.3. The third kappa shape index (κ3) is 9.87. The van der Waals surface area contributed by atoms with Crippen LogP contribution in [-0.4, -0.2) is 8.07 Å². The van der Waals surface area contributed by atoms with Gasteiger partial charge in [0.15, 0.2) is 8.07 Å². The van der Waals surface area contributed by atoms with Crippen LogP contribution in [-0.2, 0) is 38.5 Å². The number of hydrogen-bond acceptors (Lipinski definition) is 0. The van der Waals surface area contributed by atoms with Crippen LogP contribution in [0.5, 0.6) is 0 Å². The molecule has 0 N–H and O–H groups in total. The van der Waals surface area contributed by atoms with Crippen LogP contribution < -0.4 is 15.6 Å². The van der Waals surface area contributed by atoms with Crippen LogP contribution in [0.4, 0.5) is 0 Å². The molecule has 0 amide bonds. The first kappa shape index (κ1) is 52.1. The van der Waals surface area contributed by atoms with Crippen LogP contribution in [0.3, 0.4) is 0 Å². The zero-order valence-corrected chi connectivity index (χ0v) is 47.9. The second kappa shape index (κ2) is 22.1. The molecule has 1 unspecified atom stereocenters. The van der Waals surface area contributed by atoms with Crippen molar-refractivity contribution in [1.82, 2.24) is 0 Å². The van der Waals surface area contributed by atoms with Gasteiger partial charge in [-0.2, -0.15) is 0 Å². The van der Waals surface area contributed by atoms with E-state index in [-0.39, 0.29) is 0 Å². The van der Waals surface area contributed by atoms with E-state index in [4.69, 9.17) is 0 Å². The monoisotopic (exact) mass is 1000 g/mol. The summed E-state index contributed by atoms with van der Waals surface area (Å²) in [5, 5.41) is 4.39. The molecule has 380 valence electrons. The summed E-state index contributed by atoms with van der Waals surface area (Å²) in [6.07, 6.45) is 7.86. The Bertz CT molecular complexity index is 3240. The minimum Gasteiger partial charge on any atom is -0.0730 e. The van der Waals surface area contributed by atoms with Crippen molar-refractivity contribution in [2.45, 2.75) is 113 Å². The molecule has 1 atom stereocenters. The summed E-state index contributed by atoms with van der Waals surface area (Å²) in [4.78, 5) is 0. The maximum Gasteiger partial charge on any atom is 0.163 e. The highest BCUT2D eigenvalue weighted by molar-refractivity contribution is 7.15.